The molecule has 14 heavy (non-hydrogen) atoms. The lowest BCUT2D eigenvalue weighted by molar-refractivity contribution is 0.363. The van der Waals surface area contributed by atoms with Gasteiger partial charge in [0, 0.05) is 0 Å². The molecule has 1 aromatic rings. The Morgan fingerprint density at radius 3 is 2.79 bits per heavy atom. The van der Waals surface area contributed by atoms with Crippen molar-refractivity contribution in [2.75, 3.05) is 6.54 Å². The fourth-order valence-electron chi connectivity index (χ4n) is 1.24. The third-order valence-corrected chi connectivity index (χ3v) is 1.98. The lowest BCUT2D eigenvalue weighted by Gasteiger charge is -2.04. The second-order valence-electron chi connectivity index (χ2n) is 3.95. The smallest absolute Gasteiger partial charge is 0.240 e. The Morgan fingerprint density at radius 2 is 2.21 bits per heavy atom. The molecule has 1 N–H and O–H groups in total. The van der Waals surface area contributed by atoms with E-state index in [0.29, 0.717) is 18.3 Å². The Morgan fingerprint density at radius 1 is 1.43 bits per heavy atom. The summed E-state index contributed by atoms with van der Waals surface area (Å²) in [5.41, 5.74) is 0. The fraction of sp³-hybridized carbons (Fsp3) is 0.800. The molecule has 4 nitrogen and oxygen atoms in total. The maximum Gasteiger partial charge on any atom is 0.240 e. The largest absolute Gasteiger partial charge is 0.338 e. The van der Waals surface area contributed by atoms with Crippen molar-refractivity contribution in [3.63, 3.8) is 0 Å². The molecule has 0 saturated heterocycles. The minimum Gasteiger partial charge on any atom is -0.338 e. The van der Waals surface area contributed by atoms with Crippen LogP contribution in [0.4, 0.5) is 0 Å². The predicted octanol–water partition coefficient (Wildman–Crippen LogP) is 1.90. The van der Waals surface area contributed by atoms with E-state index in [4.69, 9.17) is 4.52 Å². The first-order valence-electron chi connectivity index (χ1n) is 5.18. The van der Waals surface area contributed by atoms with Crippen molar-refractivity contribution in [1.82, 2.24) is 15.5 Å². The monoisotopic (exact) mass is 197 g/mol. The maximum atomic E-state index is 4.97. The summed E-state index contributed by atoms with van der Waals surface area (Å²) in [4.78, 5) is 4.10. The van der Waals surface area contributed by atoms with E-state index in [1.54, 1.807) is 0 Å². The molecule has 0 spiro atoms. The number of rotatable bonds is 6. The van der Waals surface area contributed by atoms with Gasteiger partial charge in [-0.25, -0.2) is 0 Å². The van der Waals surface area contributed by atoms with Crippen LogP contribution in [0.5, 0.6) is 0 Å². The quantitative estimate of drug-likeness (QED) is 0.708. The summed E-state index contributed by atoms with van der Waals surface area (Å²) in [7, 11) is 0. The molecular weight excluding hydrogens is 178 g/mol. The van der Waals surface area contributed by atoms with Gasteiger partial charge in [0.15, 0.2) is 5.82 Å². The summed E-state index contributed by atoms with van der Waals surface area (Å²) in [6.45, 7) is 7.99. The van der Waals surface area contributed by atoms with Gasteiger partial charge in [0.2, 0.25) is 5.89 Å². The number of aryl methyl sites for hydroxylation is 1. The number of hydrogen-bond acceptors (Lipinski definition) is 4. The SMILES string of the molecule is Cc1noc(CNCCCC(C)C)n1. The highest BCUT2D eigenvalue weighted by molar-refractivity contribution is 4.81. The van der Waals surface area contributed by atoms with Crippen molar-refractivity contribution in [3.8, 4) is 0 Å². The van der Waals surface area contributed by atoms with Crippen LogP contribution in [0.25, 0.3) is 0 Å². The van der Waals surface area contributed by atoms with Crippen LogP contribution >= 0.6 is 0 Å². The summed E-state index contributed by atoms with van der Waals surface area (Å²) in [6.07, 6.45) is 2.46. The van der Waals surface area contributed by atoms with E-state index in [1.165, 1.54) is 12.8 Å². The van der Waals surface area contributed by atoms with E-state index in [0.717, 1.165) is 12.5 Å². The summed E-state index contributed by atoms with van der Waals surface area (Å²) < 4.78 is 4.97. The van der Waals surface area contributed by atoms with E-state index >= 15 is 0 Å². The molecule has 0 aromatic carbocycles. The van der Waals surface area contributed by atoms with E-state index in [1.807, 2.05) is 6.92 Å². The highest BCUT2D eigenvalue weighted by Gasteiger charge is 2.00. The van der Waals surface area contributed by atoms with Crippen molar-refractivity contribution in [2.24, 2.45) is 5.92 Å². The Balaban J connectivity index is 2.04. The topological polar surface area (TPSA) is 51.0 Å². The van der Waals surface area contributed by atoms with E-state index in [9.17, 15) is 0 Å². The normalized spacial score (nSPS) is 11.1. The second-order valence-corrected chi connectivity index (χ2v) is 3.95. The highest BCUT2D eigenvalue weighted by atomic mass is 16.5. The van der Waals surface area contributed by atoms with Crippen LogP contribution in [0.15, 0.2) is 4.52 Å². The van der Waals surface area contributed by atoms with Gasteiger partial charge in [0.1, 0.15) is 0 Å². The van der Waals surface area contributed by atoms with Gasteiger partial charge >= 0.3 is 0 Å². The highest BCUT2D eigenvalue weighted by Crippen LogP contribution is 2.02. The van der Waals surface area contributed by atoms with E-state index in [-0.39, 0.29) is 0 Å². The summed E-state index contributed by atoms with van der Waals surface area (Å²) in [5, 5.41) is 6.99. The van der Waals surface area contributed by atoms with Crippen LogP contribution in [-0.4, -0.2) is 16.7 Å². The zero-order chi connectivity index (χ0) is 10.4. The van der Waals surface area contributed by atoms with Crippen LogP contribution < -0.4 is 5.32 Å². The first-order valence-corrected chi connectivity index (χ1v) is 5.18. The summed E-state index contributed by atoms with van der Waals surface area (Å²) >= 11 is 0. The Hall–Kier alpha value is -0.900. The zero-order valence-electron chi connectivity index (χ0n) is 9.21. The molecule has 0 fully saturated rings. The van der Waals surface area contributed by atoms with Crippen LogP contribution in [-0.2, 0) is 6.54 Å². The maximum absolute atomic E-state index is 4.97. The number of nitrogens with one attached hydrogen (secondary N) is 1. The lowest BCUT2D eigenvalue weighted by atomic mass is 10.1. The molecule has 1 aromatic heterocycles. The fourth-order valence-corrected chi connectivity index (χ4v) is 1.24. The minimum atomic E-state index is 0.673. The number of hydrogen-bond donors (Lipinski definition) is 1. The molecule has 0 aliphatic rings. The molecule has 0 aliphatic carbocycles. The molecule has 0 bridgehead atoms. The van der Waals surface area contributed by atoms with Gasteiger partial charge in [0.05, 0.1) is 6.54 Å². The molecule has 1 rings (SSSR count). The number of aromatic nitrogens is 2. The van der Waals surface area contributed by atoms with Gasteiger partial charge in [0.25, 0.3) is 0 Å². The predicted molar refractivity (Wildman–Crippen MR) is 54.8 cm³/mol. The Bertz CT molecular complexity index is 258. The molecule has 0 unspecified atom stereocenters. The standard InChI is InChI=1S/C10H19N3O/c1-8(2)5-4-6-11-7-10-12-9(3)13-14-10/h8,11H,4-7H2,1-3H3. The molecule has 4 heteroatoms. The Labute approximate surface area is 85.1 Å². The average Bonchev–Trinajstić information content (AvgIpc) is 2.50. The average molecular weight is 197 g/mol. The van der Waals surface area contributed by atoms with Gasteiger partial charge in [-0.1, -0.05) is 19.0 Å². The molecule has 0 saturated carbocycles. The molecular formula is C10H19N3O. The second kappa shape index (κ2) is 5.75. The molecule has 0 aliphatic heterocycles. The van der Waals surface area contributed by atoms with Crippen molar-refractivity contribution in [2.45, 2.75) is 40.2 Å². The Kier molecular flexibility index (Phi) is 4.59. The lowest BCUT2D eigenvalue weighted by Crippen LogP contribution is -2.15. The van der Waals surface area contributed by atoms with E-state index in [2.05, 4.69) is 29.3 Å². The van der Waals surface area contributed by atoms with Gasteiger partial charge in [-0.2, -0.15) is 4.98 Å². The number of nitrogens with zero attached hydrogens (tertiary/aromatic N) is 2. The first-order chi connectivity index (χ1) is 6.68. The first kappa shape index (κ1) is 11.2. The van der Waals surface area contributed by atoms with E-state index < -0.39 is 0 Å². The van der Waals surface area contributed by atoms with Gasteiger partial charge in [-0.3, -0.25) is 0 Å². The van der Waals surface area contributed by atoms with Crippen LogP contribution in [0.2, 0.25) is 0 Å². The van der Waals surface area contributed by atoms with Crippen LogP contribution in [0.3, 0.4) is 0 Å². The third-order valence-electron chi connectivity index (χ3n) is 1.98. The molecule has 0 radical (unpaired) electrons. The molecule has 80 valence electrons. The molecule has 0 amide bonds. The summed E-state index contributed by atoms with van der Waals surface area (Å²) in [6, 6.07) is 0. The van der Waals surface area contributed by atoms with Crippen molar-refractivity contribution in [1.29, 1.82) is 0 Å². The van der Waals surface area contributed by atoms with Crippen LogP contribution in [0, 0.1) is 12.8 Å². The van der Waals surface area contributed by atoms with Crippen molar-refractivity contribution in [3.05, 3.63) is 11.7 Å². The molecule has 1 heterocycles. The summed E-state index contributed by atoms with van der Waals surface area (Å²) in [5.74, 6) is 2.15. The molecule has 0 atom stereocenters. The zero-order valence-corrected chi connectivity index (χ0v) is 9.21. The van der Waals surface area contributed by atoms with Gasteiger partial charge < -0.3 is 9.84 Å². The van der Waals surface area contributed by atoms with Gasteiger partial charge in [-0.15, -0.1) is 0 Å². The minimum absolute atomic E-state index is 0.673. The van der Waals surface area contributed by atoms with Gasteiger partial charge in [-0.05, 0) is 32.2 Å². The van der Waals surface area contributed by atoms with Crippen molar-refractivity contribution < 1.29 is 4.52 Å². The third kappa shape index (κ3) is 4.37. The van der Waals surface area contributed by atoms with Crippen molar-refractivity contribution >= 4 is 0 Å². The van der Waals surface area contributed by atoms with Crippen LogP contribution in [0.1, 0.15) is 38.4 Å².